The SMILES string of the molecule is O=S(=O)(O)c1ccc2c(N=Nc3ccc(S(=O)(=O)CCOSOOO)cc3S(=O)(=O)O)c(O)c(S(=O)(=O)O)cc2c1. The van der Waals surface area contributed by atoms with Crippen molar-refractivity contribution in [2.75, 3.05) is 12.4 Å². The van der Waals surface area contributed by atoms with Gasteiger partial charge in [-0.1, -0.05) is 11.1 Å². The van der Waals surface area contributed by atoms with Gasteiger partial charge in [-0.05, 0) is 41.8 Å². The fourth-order valence-corrected chi connectivity index (χ4v) is 6.49. The van der Waals surface area contributed by atoms with Gasteiger partial charge in [-0.15, -0.1) is 14.6 Å². The van der Waals surface area contributed by atoms with Crippen LogP contribution in [0.1, 0.15) is 0 Å². The minimum Gasteiger partial charge on any atom is -0.504 e. The van der Waals surface area contributed by atoms with E-state index >= 15 is 0 Å². The van der Waals surface area contributed by atoms with E-state index in [0.717, 1.165) is 30.3 Å². The van der Waals surface area contributed by atoms with Crippen LogP contribution in [0, 0.1) is 0 Å². The van der Waals surface area contributed by atoms with Crippen molar-refractivity contribution in [1.82, 2.24) is 0 Å². The van der Waals surface area contributed by atoms with Gasteiger partial charge in [-0.3, -0.25) is 17.8 Å². The standard InChI is InChI=1S/C18H16N2O16S5/c21-18-16(41(31,32)33)8-10-7-12(39(25,26)27)1-3-13(10)17(18)20-19-14-4-2-11(9-15(14)40(28,29)30)38(23,24)6-5-34-37-36-35-22/h1-4,7-9,21-22H,5-6H2,(H,25,26,27)(H,28,29,30)(H,31,32,33). The maximum absolute atomic E-state index is 12.5. The summed E-state index contributed by atoms with van der Waals surface area (Å²) in [7, 11) is -19.3. The fraction of sp³-hybridized carbons (Fsp3) is 0.111. The smallest absolute Gasteiger partial charge is 0.298 e. The number of nitrogens with zero attached hydrogens (tertiary/aromatic N) is 2. The number of benzene rings is 3. The molecule has 41 heavy (non-hydrogen) atoms. The Hall–Kier alpha value is -2.81. The number of sulfone groups is 1. The van der Waals surface area contributed by atoms with Crippen LogP contribution in [-0.2, 0) is 53.7 Å². The fourth-order valence-electron chi connectivity index (χ4n) is 3.20. The lowest BCUT2D eigenvalue weighted by Crippen LogP contribution is -2.12. The number of hydrogen-bond donors (Lipinski definition) is 5. The molecule has 0 spiro atoms. The molecule has 224 valence electrons. The summed E-state index contributed by atoms with van der Waals surface area (Å²) < 4.78 is 133. The molecule has 0 bridgehead atoms. The predicted octanol–water partition coefficient (Wildman–Crippen LogP) is 2.48. The molecule has 5 N–H and O–H groups in total. The van der Waals surface area contributed by atoms with Crippen molar-refractivity contribution in [3.05, 3.63) is 42.5 Å². The first-order valence-electron chi connectivity index (χ1n) is 10.1. The maximum atomic E-state index is 12.5. The van der Waals surface area contributed by atoms with Gasteiger partial charge in [0, 0.05) is 5.39 Å². The van der Waals surface area contributed by atoms with Gasteiger partial charge in [-0.25, -0.2) is 13.7 Å². The Morgan fingerprint density at radius 3 is 1.98 bits per heavy atom. The van der Waals surface area contributed by atoms with Crippen molar-refractivity contribution < 1.29 is 71.2 Å². The zero-order valence-electron chi connectivity index (χ0n) is 19.6. The molecule has 3 aromatic carbocycles. The Bertz CT molecular complexity index is 1960. The minimum absolute atomic E-state index is 0.0938. The minimum atomic E-state index is -5.17. The molecule has 0 aliphatic heterocycles. The summed E-state index contributed by atoms with van der Waals surface area (Å²) >= 11 is 0.0938. The number of hydrogen-bond acceptors (Lipinski definition) is 16. The van der Waals surface area contributed by atoms with E-state index < -0.39 is 89.3 Å². The first kappa shape index (κ1) is 32.7. The van der Waals surface area contributed by atoms with Gasteiger partial charge in [0.2, 0.25) is 0 Å². The summed E-state index contributed by atoms with van der Waals surface area (Å²) in [6, 6.07) is 5.51. The topological polar surface area (TPSA) is 290 Å². The van der Waals surface area contributed by atoms with E-state index in [2.05, 4.69) is 23.8 Å². The van der Waals surface area contributed by atoms with E-state index in [1.54, 1.807) is 0 Å². The van der Waals surface area contributed by atoms with E-state index in [-0.39, 0.29) is 23.1 Å². The molecule has 23 heteroatoms. The first-order valence-corrected chi connectivity index (χ1v) is 16.8. The second-order valence-electron chi connectivity index (χ2n) is 7.56. The van der Waals surface area contributed by atoms with Gasteiger partial charge in [0.05, 0.1) is 22.2 Å². The molecule has 0 saturated heterocycles. The largest absolute Gasteiger partial charge is 0.504 e. The van der Waals surface area contributed by atoms with E-state index in [1.165, 1.54) is 0 Å². The summed E-state index contributed by atoms with van der Waals surface area (Å²) in [5, 5.41) is 28.4. The Morgan fingerprint density at radius 2 is 1.39 bits per heavy atom. The van der Waals surface area contributed by atoms with E-state index in [1.807, 2.05) is 0 Å². The van der Waals surface area contributed by atoms with Crippen molar-refractivity contribution in [2.24, 2.45) is 10.2 Å². The van der Waals surface area contributed by atoms with Crippen molar-refractivity contribution in [2.45, 2.75) is 19.6 Å². The molecule has 0 heterocycles. The maximum Gasteiger partial charge on any atom is 0.298 e. The monoisotopic (exact) mass is 676 g/mol. The molecule has 0 saturated carbocycles. The molecule has 0 fully saturated rings. The zero-order chi connectivity index (χ0) is 30.8. The second kappa shape index (κ2) is 12.2. The molecule has 0 unspecified atom stereocenters. The molecule has 0 aliphatic rings. The lowest BCUT2D eigenvalue weighted by Gasteiger charge is -2.10. The van der Waals surface area contributed by atoms with Crippen LogP contribution in [0.2, 0.25) is 0 Å². The van der Waals surface area contributed by atoms with Crippen molar-refractivity contribution in [1.29, 1.82) is 0 Å². The first-order chi connectivity index (χ1) is 18.9. The molecule has 0 radical (unpaired) electrons. The van der Waals surface area contributed by atoms with Crippen molar-refractivity contribution in [3.8, 4) is 5.75 Å². The van der Waals surface area contributed by atoms with Crippen LogP contribution in [0.4, 0.5) is 11.4 Å². The number of phenols is 1. The van der Waals surface area contributed by atoms with E-state index in [0.29, 0.717) is 12.1 Å². The van der Waals surface area contributed by atoms with Crippen LogP contribution in [0.5, 0.6) is 5.75 Å². The van der Waals surface area contributed by atoms with Gasteiger partial charge in [0.25, 0.3) is 30.4 Å². The number of azo groups is 1. The normalized spacial score (nSPS) is 13.3. The molecule has 3 aromatic rings. The average Bonchev–Trinajstić information content (AvgIpc) is 2.85. The summed E-state index contributed by atoms with van der Waals surface area (Å²) in [5.74, 6) is -1.92. The summed E-state index contributed by atoms with van der Waals surface area (Å²) in [4.78, 5) is -3.53. The highest BCUT2D eigenvalue weighted by molar-refractivity contribution is 7.91. The second-order valence-corrected chi connectivity index (χ2v) is 14.4. The van der Waals surface area contributed by atoms with Crippen LogP contribution >= 0.6 is 12.3 Å². The van der Waals surface area contributed by atoms with Gasteiger partial charge in [0.15, 0.2) is 27.9 Å². The Balaban J connectivity index is 2.15. The van der Waals surface area contributed by atoms with E-state index in [9.17, 15) is 52.4 Å². The number of fused-ring (bicyclic) bond motifs is 1. The van der Waals surface area contributed by atoms with Crippen LogP contribution in [0.15, 0.2) is 72.3 Å². The number of rotatable bonds is 12. The lowest BCUT2D eigenvalue weighted by molar-refractivity contribution is -0.434. The molecule has 0 amide bonds. The van der Waals surface area contributed by atoms with Crippen molar-refractivity contribution >= 4 is 74.7 Å². The Labute approximate surface area is 235 Å². The third kappa shape index (κ3) is 7.93. The Kier molecular flexibility index (Phi) is 9.73. The molecule has 18 nitrogen and oxygen atoms in total. The van der Waals surface area contributed by atoms with Crippen molar-refractivity contribution in [3.63, 3.8) is 0 Å². The van der Waals surface area contributed by atoms with Gasteiger partial charge >= 0.3 is 0 Å². The molecule has 3 rings (SSSR count). The van der Waals surface area contributed by atoms with Gasteiger partial charge in [0.1, 0.15) is 21.2 Å². The third-order valence-electron chi connectivity index (χ3n) is 4.97. The summed E-state index contributed by atoms with van der Waals surface area (Å²) in [6.07, 6.45) is 0. The molecule has 0 atom stereocenters. The van der Waals surface area contributed by atoms with Gasteiger partial charge in [-0.2, -0.15) is 25.3 Å². The molecular formula is C18H16N2O16S5. The van der Waals surface area contributed by atoms with Crippen LogP contribution in [0.3, 0.4) is 0 Å². The van der Waals surface area contributed by atoms with Crippen LogP contribution in [0.25, 0.3) is 10.8 Å². The molecule has 0 aromatic heterocycles. The Morgan fingerprint density at radius 1 is 0.756 bits per heavy atom. The predicted molar refractivity (Wildman–Crippen MR) is 136 cm³/mol. The highest BCUT2D eigenvalue weighted by atomic mass is 32.2. The highest BCUT2D eigenvalue weighted by Crippen LogP contribution is 2.42. The zero-order valence-corrected chi connectivity index (χ0v) is 23.7. The van der Waals surface area contributed by atoms with Crippen LogP contribution < -0.4 is 0 Å². The average molecular weight is 677 g/mol. The quantitative estimate of drug-likeness (QED) is 0.0459. The molecule has 0 aliphatic carbocycles. The summed E-state index contributed by atoms with van der Waals surface area (Å²) in [5.41, 5.74) is -1.41. The van der Waals surface area contributed by atoms with Crippen LogP contribution in [-0.4, -0.2) is 70.1 Å². The number of phenolic OH excluding ortho intramolecular Hbond substituents is 1. The highest BCUT2D eigenvalue weighted by Gasteiger charge is 2.25. The lowest BCUT2D eigenvalue weighted by atomic mass is 10.1. The molecular weight excluding hydrogens is 661 g/mol. The third-order valence-corrected chi connectivity index (χ3v) is 9.62. The van der Waals surface area contributed by atoms with E-state index in [4.69, 9.17) is 5.26 Å². The summed E-state index contributed by atoms with van der Waals surface area (Å²) in [6.45, 7) is -0.519. The number of aromatic hydroxyl groups is 1. The van der Waals surface area contributed by atoms with Gasteiger partial charge < -0.3 is 5.11 Å².